The van der Waals surface area contributed by atoms with Gasteiger partial charge >= 0.3 is 5.95 Å². The molecule has 0 saturated heterocycles. The van der Waals surface area contributed by atoms with Gasteiger partial charge in [-0.2, -0.15) is 9.78 Å². The Kier molecular flexibility index (Phi) is 7.77. The monoisotopic (exact) mass is 517 g/mol. The molecule has 4 aromatic rings. The molecule has 1 heterocycles. The van der Waals surface area contributed by atoms with Gasteiger partial charge in [-0.15, -0.1) is 0 Å². The van der Waals surface area contributed by atoms with Crippen LogP contribution in [0.4, 0.5) is 16.0 Å². The lowest BCUT2D eigenvalue weighted by atomic mass is 10.1. The summed E-state index contributed by atoms with van der Waals surface area (Å²) >= 11 is 0. The SMILES string of the molecule is COc1ccc(C=NNC(=O)c2ccccc2NC(=O)c2ccc(F)cc2)cc1Cn1cnc([N+](=O)[O-])n1. The lowest BCUT2D eigenvalue weighted by Crippen LogP contribution is -2.21. The Morgan fingerprint density at radius 3 is 2.61 bits per heavy atom. The highest BCUT2D eigenvalue weighted by Gasteiger charge is 2.16. The molecule has 0 aliphatic carbocycles. The van der Waals surface area contributed by atoms with Crippen molar-refractivity contribution >= 4 is 29.7 Å². The first-order valence-corrected chi connectivity index (χ1v) is 11.0. The summed E-state index contributed by atoms with van der Waals surface area (Å²) in [7, 11) is 1.49. The number of amides is 2. The fraction of sp³-hybridized carbons (Fsp3) is 0.0800. The van der Waals surface area contributed by atoms with Gasteiger partial charge in [0.1, 0.15) is 11.6 Å². The highest BCUT2D eigenvalue weighted by molar-refractivity contribution is 6.09. The minimum Gasteiger partial charge on any atom is -0.496 e. The van der Waals surface area contributed by atoms with Crippen molar-refractivity contribution in [1.29, 1.82) is 0 Å². The van der Waals surface area contributed by atoms with Gasteiger partial charge in [-0.3, -0.25) is 9.59 Å². The number of nitrogens with one attached hydrogen (secondary N) is 2. The van der Waals surface area contributed by atoms with E-state index in [1.165, 1.54) is 54.7 Å². The number of rotatable bonds is 9. The predicted octanol–water partition coefficient (Wildman–Crippen LogP) is 3.40. The van der Waals surface area contributed by atoms with E-state index in [1.54, 1.807) is 36.4 Å². The van der Waals surface area contributed by atoms with E-state index in [1.807, 2.05) is 0 Å². The van der Waals surface area contributed by atoms with Crippen molar-refractivity contribution < 1.29 is 23.6 Å². The van der Waals surface area contributed by atoms with Crippen LogP contribution in [0.5, 0.6) is 5.75 Å². The molecule has 0 aliphatic rings. The van der Waals surface area contributed by atoms with Crippen LogP contribution in [-0.4, -0.2) is 44.8 Å². The van der Waals surface area contributed by atoms with Crippen LogP contribution in [0, 0.1) is 15.9 Å². The van der Waals surface area contributed by atoms with Crippen LogP contribution in [0.1, 0.15) is 31.8 Å². The Morgan fingerprint density at radius 2 is 1.89 bits per heavy atom. The number of hydrazone groups is 1. The molecule has 0 bridgehead atoms. The molecule has 0 atom stereocenters. The number of ether oxygens (including phenoxy) is 1. The van der Waals surface area contributed by atoms with E-state index in [0.717, 1.165) is 0 Å². The second-order valence-electron chi connectivity index (χ2n) is 7.78. The summed E-state index contributed by atoms with van der Waals surface area (Å²) in [6, 6.07) is 16.5. The number of methoxy groups -OCH3 is 1. The molecule has 3 aromatic carbocycles. The molecular weight excluding hydrogens is 497 g/mol. The van der Waals surface area contributed by atoms with Crippen LogP contribution in [-0.2, 0) is 6.54 Å². The van der Waals surface area contributed by atoms with Gasteiger partial charge < -0.3 is 20.2 Å². The normalized spacial score (nSPS) is 10.8. The first-order valence-electron chi connectivity index (χ1n) is 11.0. The van der Waals surface area contributed by atoms with Crippen molar-refractivity contribution in [3.8, 4) is 5.75 Å². The van der Waals surface area contributed by atoms with E-state index in [-0.39, 0.29) is 23.4 Å². The molecule has 0 aliphatic heterocycles. The van der Waals surface area contributed by atoms with Crippen LogP contribution in [0.25, 0.3) is 0 Å². The van der Waals surface area contributed by atoms with Crippen molar-refractivity contribution in [3.05, 3.63) is 111 Å². The third kappa shape index (κ3) is 6.20. The van der Waals surface area contributed by atoms with Crippen molar-refractivity contribution in [2.75, 3.05) is 12.4 Å². The molecule has 0 fully saturated rings. The maximum absolute atomic E-state index is 13.1. The molecule has 0 saturated carbocycles. The minimum absolute atomic E-state index is 0.152. The van der Waals surface area contributed by atoms with Crippen LogP contribution in [0.2, 0.25) is 0 Å². The number of nitrogens with zero attached hydrogens (tertiary/aromatic N) is 5. The zero-order valence-electron chi connectivity index (χ0n) is 19.9. The lowest BCUT2D eigenvalue weighted by molar-refractivity contribution is -0.394. The molecule has 12 nitrogen and oxygen atoms in total. The standard InChI is InChI=1S/C25H20FN7O5/c1-38-22-11-6-16(12-18(22)14-32-15-27-25(31-32)33(36)37)13-28-30-24(35)20-4-2-3-5-21(20)29-23(34)17-7-9-19(26)10-8-17/h2-13,15H,14H2,1H3,(H,29,34)(H,30,35). The number of hydrogen-bond acceptors (Lipinski definition) is 8. The van der Waals surface area contributed by atoms with Gasteiger partial charge in [-0.1, -0.05) is 17.1 Å². The summed E-state index contributed by atoms with van der Waals surface area (Å²) in [6.07, 6.45) is 2.65. The average molecular weight is 517 g/mol. The Balaban J connectivity index is 1.45. The van der Waals surface area contributed by atoms with Gasteiger partial charge in [-0.25, -0.2) is 9.82 Å². The quantitative estimate of drug-likeness (QED) is 0.196. The van der Waals surface area contributed by atoms with E-state index < -0.39 is 28.5 Å². The lowest BCUT2D eigenvalue weighted by Gasteiger charge is -2.10. The Labute approximate surface area is 214 Å². The maximum Gasteiger partial charge on any atom is 0.490 e. The maximum atomic E-state index is 13.1. The Hall–Kier alpha value is -5.46. The first kappa shape index (κ1) is 25.6. The third-order valence-corrected chi connectivity index (χ3v) is 5.23. The van der Waals surface area contributed by atoms with Crippen LogP contribution < -0.4 is 15.5 Å². The van der Waals surface area contributed by atoms with Gasteiger partial charge in [0, 0.05) is 16.2 Å². The van der Waals surface area contributed by atoms with Gasteiger partial charge in [0.25, 0.3) is 11.8 Å². The molecule has 4 rings (SSSR count). The van der Waals surface area contributed by atoms with Crippen LogP contribution in [0.3, 0.4) is 0 Å². The van der Waals surface area contributed by atoms with E-state index in [2.05, 4.69) is 25.9 Å². The number of para-hydroxylation sites is 1. The first-order chi connectivity index (χ1) is 18.3. The summed E-state index contributed by atoms with van der Waals surface area (Å²) in [5.74, 6) is -1.53. The fourth-order valence-corrected chi connectivity index (χ4v) is 3.43. The van der Waals surface area contributed by atoms with E-state index in [9.17, 15) is 24.1 Å². The molecule has 2 amide bonds. The van der Waals surface area contributed by atoms with Crippen molar-refractivity contribution in [3.63, 3.8) is 0 Å². The molecule has 2 N–H and O–H groups in total. The van der Waals surface area contributed by atoms with E-state index in [0.29, 0.717) is 16.9 Å². The fourth-order valence-electron chi connectivity index (χ4n) is 3.43. The van der Waals surface area contributed by atoms with Crippen molar-refractivity contribution in [2.45, 2.75) is 6.54 Å². The van der Waals surface area contributed by atoms with Crippen LogP contribution in [0.15, 0.2) is 78.2 Å². The van der Waals surface area contributed by atoms with Crippen molar-refractivity contribution in [1.82, 2.24) is 20.2 Å². The number of anilines is 1. The Morgan fingerprint density at radius 1 is 1.13 bits per heavy atom. The topological polar surface area (TPSA) is 154 Å². The number of benzene rings is 3. The average Bonchev–Trinajstić information content (AvgIpc) is 3.38. The van der Waals surface area contributed by atoms with Crippen molar-refractivity contribution in [2.24, 2.45) is 5.10 Å². The van der Waals surface area contributed by atoms with E-state index in [4.69, 9.17) is 4.74 Å². The zero-order chi connectivity index (χ0) is 27.1. The molecular formula is C25H20FN7O5. The number of aromatic nitrogens is 3. The molecule has 192 valence electrons. The number of halogens is 1. The van der Waals surface area contributed by atoms with Gasteiger partial charge in [0.05, 0.1) is 31.1 Å². The number of hydrogen-bond donors (Lipinski definition) is 2. The van der Waals surface area contributed by atoms with Crippen LogP contribution >= 0.6 is 0 Å². The molecule has 0 unspecified atom stereocenters. The molecule has 1 aromatic heterocycles. The largest absolute Gasteiger partial charge is 0.496 e. The number of carbonyl (C=O) groups excluding carboxylic acids is 2. The number of nitro groups is 1. The predicted molar refractivity (Wildman–Crippen MR) is 135 cm³/mol. The summed E-state index contributed by atoms with van der Waals surface area (Å²) in [5.41, 5.74) is 4.33. The van der Waals surface area contributed by atoms with Gasteiger partial charge in [0.15, 0.2) is 0 Å². The zero-order valence-corrected chi connectivity index (χ0v) is 19.9. The van der Waals surface area contributed by atoms with Gasteiger partial charge in [-0.05, 0) is 65.1 Å². The minimum atomic E-state index is -0.689. The van der Waals surface area contributed by atoms with E-state index >= 15 is 0 Å². The molecule has 0 spiro atoms. The Bertz CT molecular complexity index is 1520. The second-order valence-corrected chi connectivity index (χ2v) is 7.78. The van der Waals surface area contributed by atoms with Gasteiger partial charge in [0.2, 0.25) is 6.33 Å². The summed E-state index contributed by atoms with van der Waals surface area (Å²) in [4.78, 5) is 39.0. The highest BCUT2D eigenvalue weighted by atomic mass is 19.1. The molecule has 0 radical (unpaired) electrons. The third-order valence-electron chi connectivity index (χ3n) is 5.23. The number of carbonyl (C=O) groups is 2. The summed E-state index contributed by atoms with van der Waals surface area (Å²) in [6.45, 7) is 0.152. The molecule has 38 heavy (non-hydrogen) atoms. The second kappa shape index (κ2) is 11.5. The summed E-state index contributed by atoms with van der Waals surface area (Å²) < 4.78 is 19.8. The molecule has 13 heteroatoms. The smallest absolute Gasteiger partial charge is 0.490 e. The highest BCUT2D eigenvalue weighted by Crippen LogP contribution is 2.21. The summed E-state index contributed by atoms with van der Waals surface area (Å²) in [5, 5.41) is 21.3.